The van der Waals surface area contributed by atoms with Gasteiger partial charge in [-0.05, 0) is 18.4 Å². The molecule has 0 heterocycles. The molecule has 1 aromatic carbocycles. The second kappa shape index (κ2) is 9.86. The van der Waals surface area contributed by atoms with Crippen LogP contribution in [0.3, 0.4) is 0 Å². The summed E-state index contributed by atoms with van der Waals surface area (Å²) in [5.74, 6) is -0.102. The van der Waals surface area contributed by atoms with Crippen molar-refractivity contribution < 1.29 is 4.79 Å². The lowest BCUT2D eigenvalue weighted by atomic mass is 9.93. The predicted octanol–water partition coefficient (Wildman–Crippen LogP) is 3.97. The van der Waals surface area contributed by atoms with Crippen LogP contribution in [0.15, 0.2) is 30.3 Å². The number of halogens is 1. The van der Waals surface area contributed by atoms with Crippen molar-refractivity contribution in [2.45, 2.75) is 64.0 Å². The van der Waals surface area contributed by atoms with E-state index in [2.05, 4.69) is 5.32 Å². The summed E-state index contributed by atoms with van der Waals surface area (Å²) in [6.07, 6.45) is 8.61. The van der Waals surface area contributed by atoms with E-state index in [9.17, 15) is 4.79 Å². The molecule has 0 saturated heterocycles. The average Bonchev–Trinajstić information content (AvgIpc) is 2.49. The van der Waals surface area contributed by atoms with Crippen LogP contribution < -0.4 is 11.1 Å². The molecule has 3 N–H and O–H groups in total. The molecule has 1 fully saturated rings. The number of nitrogens with two attached hydrogens (primary N) is 1. The second-order valence-electron chi connectivity index (χ2n) is 6.28. The number of benzene rings is 1. The van der Waals surface area contributed by atoms with Crippen LogP contribution in [-0.2, 0) is 4.79 Å². The molecule has 3 nitrogen and oxygen atoms in total. The standard InChI is InChI=1S/C18H28N2O.ClH/c1-14(17(19)15-10-6-5-7-11-15)18(21)20-16-12-8-3-2-4-9-13-16;/h5-7,10-11,14,16-17H,2-4,8-9,12-13,19H2,1H3,(H,20,21);1H. The van der Waals surface area contributed by atoms with Gasteiger partial charge in [0.05, 0.1) is 5.92 Å². The number of carbonyl (C=O) groups excluding carboxylic acids is 1. The summed E-state index contributed by atoms with van der Waals surface area (Å²) >= 11 is 0. The molecular formula is C18H29ClN2O. The highest BCUT2D eigenvalue weighted by atomic mass is 35.5. The fourth-order valence-electron chi connectivity index (χ4n) is 3.06. The molecule has 2 rings (SSSR count). The maximum atomic E-state index is 12.4. The van der Waals surface area contributed by atoms with Crippen LogP contribution in [0.25, 0.3) is 0 Å². The molecule has 1 aromatic rings. The largest absolute Gasteiger partial charge is 0.353 e. The van der Waals surface area contributed by atoms with Crippen molar-refractivity contribution in [1.29, 1.82) is 0 Å². The van der Waals surface area contributed by atoms with Crippen molar-refractivity contribution in [2.24, 2.45) is 11.7 Å². The van der Waals surface area contributed by atoms with E-state index in [-0.39, 0.29) is 30.3 Å². The SMILES string of the molecule is CC(C(=O)NC1CCCCCCC1)C(N)c1ccccc1.Cl. The van der Waals surface area contributed by atoms with E-state index in [1.54, 1.807) is 0 Å². The Kier molecular flexibility index (Phi) is 8.51. The fraction of sp³-hybridized carbons (Fsp3) is 0.611. The van der Waals surface area contributed by atoms with E-state index in [0.717, 1.165) is 18.4 Å². The lowest BCUT2D eigenvalue weighted by molar-refractivity contribution is -0.126. The number of hydrogen-bond donors (Lipinski definition) is 2. The van der Waals surface area contributed by atoms with Crippen molar-refractivity contribution in [3.63, 3.8) is 0 Å². The summed E-state index contributed by atoms with van der Waals surface area (Å²) in [4.78, 5) is 12.4. The lowest BCUT2D eigenvalue weighted by Gasteiger charge is -2.25. The molecule has 22 heavy (non-hydrogen) atoms. The molecular weight excluding hydrogens is 296 g/mol. The summed E-state index contributed by atoms with van der Waals surface area (Å²) in [5.41, 5.74) is 7.27. The zero-order valence-electron chi connectivity index (χ0n) is 13.5. The molecule has 0 aromatic heterocycles. The number of rotatable bonds is 4. The highest BCUT2D eigenvalue weighted by Gasteiger charge is 2.24. The first-order valence-electron chi connectivity index (χ1n) is 8.29. The Labute approximate surface area is 140 Å². The quantitative estimate of drug-likeness (QED) is 0.880. The Morgan fingerprint density at radius 1 is 1.09 bits per heavy atom. The van der Waals surface area contributed by atoms with Crippen LogP contribution >= 0.6 is 12.4 Å². The van der Waals surface area contributed by atoms with Crippen molar-refractivity contribution in [3.05, 3.63) is 35.9 Å². The van der Waals surface area contributed by atoms with Gasteiger partial charge in [-0.1, -0.05) is 69.4 Å². The maximum absolute atomic E-state index is 12.4. The Hall–Kier alpha value is -1.06. The third kappa shape index (κ3) is 5.62. The van der Waals surface area contributed by atoms with Gasteiger partial charge in [0, 0.05) is 12.1 Å². The number of carbonyl (C=O) groups is 1. The highest BCUT2D eigenvalue weighted by Crippen LogP contribution is 2.21. The molecule has 4 heteroatoms. The monoisotopic (exact) mass is 324 g/mol. The molecule has 0 aliphatic heterocycles. The van der Waals surface area contributed by atoms with Crippen LogP contribution in [0.4, 0.5) is 0 Å². The molecule has 2 unspecified atom stereocenters. The Morgan fingerprint density at radius 2 is 1.64 bits per heavy atom. The first kappa shape index (κ1) is 19.0. The first-order chi connectivity index (χ1) is 10.2. The molecule has 0 spiro atoms. The molecule has 1 aliphatic carbocycles. The van der Waals surface area contributed by atoms with Gasteiger partial charge in [0.15, 0.2) is 0 Å². The number of amides is 1. The van der Waals surface area contributed by atoms with Gasteiger partial charge in [-0.25, -0.2) is 0 Å². The fourth-order valence-corrected chi connectivity index (χ4v) is 3.06. The molecule has 0 bridgehead atoms. The molecule has 124 valence electrons. The summed E-state index contributed by atoms with van der Waals surface area (Å²) in [6.45, 7) is 1.93. The Bertz CT molecular complexity index is 430. The zero-order valence-corrected chi connectivity index (χ0v) is 14.3. The normalized spacial score (nSPS) is 19.2. The van der Waals surface area contributed by atoms with Gasteiger partial charge in [0.25, 0.3) is 0 Å². The molecule has 1 amide bonds. The molecule has 0 radical (unpaired) electrons. The minimum absolute atomic E-state index is 0. The van der Waals surface area contributed by atoms with Crippen LogP contribution in [0.5, 0.6) is 0 Å². The summed E-state index contributed by atoms with van der Waals surface area (Å²) in [7, 11) is 0. The third-order valence-electron chi connectivity index (χ3n) is 4.59. The highest BCUT2D eigenvalue weighted by molar-refractivity contribution is 5.85. The van der Waals surface area contributed by atoms with E-state index in [0.29, 0.717) is 6.04 Å². The minimum Gasteiger partial charge on any atom is -0.353 e. The van der Waals surface area contributed by atoms with Crippen molar-refractivity contribution >= 4 is 18.3 Å². The number of hydrogen-bond acceptors (Lipinski definition) is 2. The van der Waals surface area contributed by atoms with Crippen LogP contribution in [0.2, 0.25) is 0 Å². The van der Waals surface area contributed by atoms with Gasteiger partial charge >= 0.3 is 0 Å². The van der Waals surface area contributed by atoms with Crippen molar-refractivity contribution in [1.82, 2.24) is 5.32 Å². The summed E-state index contributed by atoms with van der Waals surface area (Å²) in [5, 5.41) is 3.22. The topological polar surface area (TPSA) is 55.1 Å². The van der Waals surface area contributed by atoms with Gasteiger partial charge in [0.1, 0.15) is 0 Å². The molecule has 1 saturated carbocycles. The van der Waals surface area contributed by atoms with Crippen LogP contribution in [0.1, 0.15) is 63.5 Å². The van der Waals surface area contributed by atoms with Crippen LogP contribution in [0, 0.1) is 5.92 Å². The van der Waals surface area contributed by atoms with E-state index in [1.165, 1.54) is 32.1 Å². The zero-order chi connectivity index (χ0) is 15.1. The maximum Gasteiger partial charge on any atom is 0.224 e. The second-order valence-corrected chi connectivity index (χ2v) is 6.28. The molecule has 1 aliphatic rings. The lowest BCUT2D eigenvalue weighted by Crippen LogP contribution is -2.41. The third-order valence-corrected chi connectivity index (χ3v) is 4.59. The van der Waals surface area contributed by atoms with E-state index in [1.807, 2.05) is 37.3 Å². The van der Waals surface area contributed by atoms with Gasteiger partial charge in [-0.2, -0.15) is 0 Å². The van der Waals surface area contributed by atoms with Crippen LogP contribution in [-0.4, -0.2) is 11.9 Å². The van der Waals surface area contributed by atoms with Gasteiger partial charge in [-0.15, -0.1) is 12.4 Å². The minimum atomic E-state index is -0.236. The van der Waals surface area contributed by atoms with Gasteiger partial charge < -0.3 is 11.1 Å². The van der Waals surface area contributed by atoms with Crippen molar-refractivity contribution in [3.8, 4) is 0 Å². The smallest absolute Gasteiger partial charge is 0.224 e. The predicted molar refractivity (Wildman–Crippen MR) is 94.0 cm³/mol. The number of nitrogens with one attached hydrogen (secondary N) is 1. The Balaban J connectivity index is 0.00000242. The van der Waals surface area contributed by atoms with E-state index < -0.39 is 0 Å². The van der Waals surface area contributed by atoms with E-state index in [4.69, 9.17) is 5.73 Å². The average molecular weight is 325 g/mol. The van der Waals surface area contributed by atoms with Gasteiger partial charge in [0.2, 0.25) is 5.91 Å². The summed E-state index contributed by atoms with van der Waals surface area (Å²) in [6, 6.07) is 9.98. The Morgan fingerprint density at radius 3 is 2.23 bits per heavy atom. The first-order valence-corrected chi connectivity index (χ1v) is 8.29. The van der Waals surface area contributed by atoms with E-state index >= 15 is 0 Å². The van der Waals surface area contributed by atoms with Crippen molar-refractivity contribution in [2.75, 3.05) is 0 Å². The van der Waals surface area contributed by atoms with Gasteiger partial charge in [-0.3, -0.25) is 4.79 Å². The summed E-state index contributed by atoms with van der Waals surface area (Å²) < 4.78 is 0. The molecule has 2 atom stereocenters.